The number of rotatable bonds is 3. The second-order valence-electron chi connectivity index (χ2n) is 6.73. The van der Waals surface area contributed by atoms with Crippen LogP contribution < -0.4 is 21.0 Å². The minimum Gasteiger partial charge on any atom is -0.368 e. The fraction of sp³-hybridized carbons (Fsp3) is 0.238. The summed E-state index contributed by atoms with van der Waals surface area (Å²) in [6.07, 6.45) is 0. The molecule has 1 fully saturated rings. The lowest BCUT2D eigenvalue weighted by Gasteiger charge is -2.36. The molecule has 3 aromatic rings. The summed E-state index contributed by atoms with van der Waals surface area (Å²) in [4.78, 5) is 32.5. The highest BCUT2D eigenvalue weighted by atomic mass is 16.2. The van der Waals surface area contributed by atoms with E-state index in [0.29, 0.717) is 11.5 Å². The van der Waals surface area contributed by atoms with Crippen LogP contribution in [0, 0.1) is 6.92 Å². The van der Waals surface area contributed by atoms with E-state index in [9.17, 15) is 9.59 Å². The Kier molecular flexibility index (Phi) is 4.54. The molecule has 6 heteroatoms. The molecule has 1 aliphatic heterocycles. The zero-order valence-corrected chi connectivity index (χ0v) is 15.3. The van der Waals surface area contributed by atoms with Gasteiger partial charge in [-0.05, 0) is 30.7 Å². The maximum absolute atomic E-state index is 12.6. The maximum Gasteiger partial charge on any atom is 0.334 e. The van der Waals surface area contributed by atoms with E-state index in [0.717, 1.165) is 31.7 Å². The second kappa shape index (κ2) is 7.15. The summed E-state index contributed by atoms with van der Waals surface area (Å²) in [6, 6.07) is 19.2. The van der Waals surface area contributed by atoms with Gasteiger partial charge in [0, 0.05) is 37.9 Å². The van der Waals surface area contributed by atoms with E-state index >= 15 is 0 Å². The topological polar surface area (TPSA) is 61.3 Å². The number of aromatic nitrogens is 2. The number of nitrogens with one attached hydrogen (secondary N) is 1. The lowest BCUT2D eigenvalue weighted by atomic mass is 10.2. The molecule has 1 N–H and O–H groups in total. The average Bonchev–Trinajstić information content (AvgIpc) is 2.70. The highest BCUT2D eigenvalue weighted by Crippen LogP contribution is 2.18. The molecular weight excluding hydrogens is 340 g/mol. The van der Waals surface area contributed by atoms with Gasteiger partial charge in [0.15, 0.2) is 0 Å². The van der Waals surface area contributed by atoms with E-state index in [-0.39, 0.29) is 5.56 Å². The number of anilines is 2. The Hall–Kier alpha value is -3.28. The first kappa shape index (κ1) is 17.1. The third kappa shape index (κ3) is 3.38. The van der Waals surface area contributed by atoms with Crippen molar-refractivity contribution in [2.75, 3.05) is 36.0 Å². The van der Waals surface area contributed by atoms with E-state index in [2.05, 4.69) is 26.9 Å². The van der Waals surface area contributed by atoms with Crippen molar-refractivity contribution in [1.82, 2.24) is 9.55 Å². The third-order valence-corrected chi connectivity index (χ3v) is 5.02. The Bertz CT molecular complexity index is 1020. The molecule has 0 bridgehead atoms. The molecule has 2 aromatic carbocycles. The molecule has 1 aliphatic rings. The van der Waals surface area contributed by atoms with E-state index in [1.165, 1.54) is 16.3 Å². The van der Waals surface area contributed by atoms with Gasteiger partial charge >= 0.3 is 5.69 Å². The number of aryl methyl sites for hydroxylation is 1. The number of aromatic amines is 1. The molecule has 2 heterocycles. The van der Waals surface area contributed by atoms with Crippen LogP contribution in [0.2, 0.25) is 0 Å². The van der Waals surface area contributed by atoms with Crippen LogP contribution in [0.4, 0.5) is 11.5 Å². The molecule has 0 spiro atoms. The molecule has 4 rings (SSSR count). The van der Waals surface area contributed by atoms with Crippen molar-refractivity contribution < 1.29 is 0 Å². The number of H-pyrrole nitrogens is 1. The van der Waals surface area contributed by atoms with Gasteiger partial charge in [-0.1, -0.05) is 36.4 Å². The summed E-state index contributed by atoms with van der Waals surface area (Å²) in [7, 11) is 0. The predicted octanol–water partition coefficient (Wildman–Crippen LogP) is 2.16. The largest absolute Gasteiger partial charge is 0.368 e. The standard InChI is InChI=1S/C21H22N4O2/c1-16-7-5-6-10-18(16)25-20(26)15-19(22-21(25)27)24-13-11-23(12-14-24)17-8-3-2-4-9-17/h2-10,15H,11-14H2,1H3,(H,22,27). The summed E-state index contributed by atoms with van der Waals surface area (Å²) < 4.78 is 1.19. The lowest BCUT2D eigenvalue weighted by Crippen LogP contribution is -2.48. The minimum atomic E-state index is -0.405. The van der Waals surface area contributed by atoms with Gasteiger partial charge in [-0.25, -0.2) is 9.36 Å². The van der Waals surface area contributed by atoms with Gasteiger partial charge in [-0.15, -0.1) is 0 Å². The minimum absolute atomic E-state index is 0.312. The smallest absolute Gasteiger partial charge is 0.334 e. The molecule has 6 nitrogen and oxygen atoms in total. The van der Waals surface area contributed by atoms with Crippen molar-refractivity contribution in [3.05, 3.63) is 87.1 Å². The van der Waals surface area contributed by atoms with Gasteiger partial charge in [-0.2, -0.15) is 0 Å². The number of hydrogen-bond donors (Lipinski definition) is 1. The van der Waals surface area contributed by atoms with E-state index in [1.54, 1.807) is 6.07 Å². The Morgan fingerprint density at radius 2 is 1.44 bits per heavy atom. The summed E-state index contributed by atoms with van der Waals surface area (Å²) >= 11 is 0. The van der Waals surface area contributed by atoms with Crippen LogP contribution >= 0.6 is 0 Å². The van der Waals surface area contributed by atoms with Crippen molar-refractivity contribution in [2.45, 2.75) is 6.92 Å². The number of hydrogen-bond acceptors (Lipinski definition) is 4. The van der Waals surface area contributed by atoms with E-state index < -0.39 is 5.69 Å². The molecule has 0 unspecified atom stereocenters. The summed E-state index contributed by atoms with van der Waals surface area (Å²) in [5.41, 5.74) is 1.98. The highest BCUT2D eigenvalue weighted by Gasteiger charge is 2.19. The number of para-hydroxylation sites is 2. The number of piperazine rings is 1. The van der Waals surface area contributed by atoms with Crippen molar-refractivity contribution in [2.24, 2.45) is 0 Å². The molecular formula is C21H22N4O2. The van der Waals surface area contributed by atoms with Crippen LogP contribution in [0.5, 0.6) is 0 Å². The van der Waals surface area contributed by atoms with Gasteiger partial charge in [0.25, 0.3) is 5.56 Å². The predicted molar refractivity (Wildman–Crippen MR) is 108 cm³/mol. The molecule has 1 aromatic heterocycles. The van der Waals surface area contributed by atoms with Crippen LogP contribution in [0.25, 0.3) is 5.69 Å². The van der Waals surface area contributed by atoms with Crippen LogP contribution in [0.15, 0.2) is 70.3 Å². The van der Waals surface area contributed by atoms with E-state index in [1.807, 2.05) is 43.3 Å². The van der Waals surface area contributed by atoms with Crippen LogP contribution in [0.3, 0.4) is 0 Å². The highest BCUT2D eigenvalue weighted by molar-refractivity contribution is 5.49. The third-order valence-electron chi connectivity index (χ3n) is 5.02. The summed E-state index contributed by atoms with van der Waals surface area (Å²) in [5, 5.41) is 0. The zero-order valence-electron chi connectivity index (χ0n) is 15.3. The SMILES string of the molecule is Cc1ccccc1-n1c(=O)cc(N2CCN(c3ccccc3)CC2)[nH]c1=O. The summed E-state index contributed by atoms with van der Waals surface area (Å²) in [6.45, 7) is 5.06. The molecule has 138 valence electrons. The quantitative estimate of drug-likeness (QED) is 0.776. The average molecular weight is 362 g/mol. The van der Waals surface area contributed by atoms with Gasteiger partial charge < -0.3 is 9.80 Å². The Morgan fingerprint density at radius 1 is 0.815 bits per heavy atom. The first-order chi connectivity index (χ1) is 13.1. The van der Waals surface area contributed by atoms with E-state index in [4.69, 9.17) is 0 Å². The fourth-order valence-electron chi connectivity index (χ4n) is 3.54. The lowest BCUT2D eigenvalue weighted by molar-refractivity contribution is 0.643. The van der Waals surface area contributed by atoms with Crippen molar-refractivity contribution in [3.8, 4) is 5.69 Å². The number of benzene rings is 2. The van der Waals surface area contributed by atoms with Gasteiger partial charge in [0.2, 0.25) is 0 Å². The zero-order chi connectivity index (χ0) is 18.8. The fourth-order valence-corrected chi connectivity index (χ4v) is 3.54. The van der Waals surface area contributed by atoms with Gasteiger partial charge in [-0.3, -0.25) is 9.78 Å². The van der Waals surface area contributed by atoms with Gasteiger partial charge in [0.1, 0.15) is 5.82 Å². The molecule has 0 aliphatic carbocycles. The molecule has 0 atom stereocenters. The normalized spacial score (nSPS) is 14.4. The molecule has 0 radical (unpaired) electrons. The van der Waals surface area contributed by atoms with Crippen LogP contribution in [0.1, 0.15) is 5.56 Å². The van der Waals surface area contributed by atoms with Crippen molar-refractivity contribution in [1.29, 1.82) is 0 Å². The van der Waals surface area contributed by atoms with Crippen LogP contribution in [-0.4, -0.2) is 35.7 Å². The summed E-state index contributed by atoms with van der Waals surface area (Å²) in [5.74, 6) is 0.586. The Morgan fingerprint density at radius 3 is 2.11 bits per heavy atom. The number of nitrogens with zero attached hydrogens (tertiary/aromatic N) is 3. The maximum atomic E-state index is 12.6. The first-order valence-electron chi connectivity index (χ1n) is 9.11. The Balaban J connectivity index is 1.57. The van der Waals surface area contributed by atoms with Crippen molar-refractivity contribution in [3.63, 3.8) is 0 Å². The van der Waals surface area contributed by atoms with Crippen molar-refractivity contribution >= 4 is 11.5 Å². The first-order valence-corrected chi connectivity index (χ1v) is 9.11. The van der Waals surface area contributed by atoms with Gasteiger partial charge in [0.05, 0.1) is 5.69 Å². The molecule has 27 heavy (non-hydrogen) atoms. The second-order valence-corrected chi connectivity index (χ2v) is 6.73. The molecule has 1 saturated heterocycles. The Labute approximate surface area is 157 Å². The molecule has 0 saturated carbocycles. The molecule has 0 amide bonds. The van der Waals surface area contributed by atoms with Crippen LogP contribution in [-0.2, 0) is 0 Å². The monoisotopic (exact) mass is 362 g/mol.